The molecule has 2 fully saturated rings. The highest BCUT2D eigenvalue weighted by Gasteiger charge is 2.49. The van der Waals surface area contributed by atoms with Gasteiger partial charge in [0.15, 0.2) is 0 Å². The number of hydrogen-bond donors (Lipinski definition) is 1. The van der Waals surface area contributed by atoms with Crippen LogP contribution in [0, 0.1) is 0 Å². The minimum atomic E-state index is -4.94. The predicted octanol–water partition coefficient (Wildman–Crippen LogP) is 5.01. The second-order valence-electron chi connectivity index (χ2n) is 8.47. The Kier molecular flexibility index (Phi) is 7.61. The number of piperidine rings is 1. The number of benzene rings is 2. The number of carbonyl (C=O) groups excluding carboxylic acids is 1. The zero-order valence-electron chi connectivity index (χ0n) is 18.5. The van der Waals surface area contributed by atoms with Crippen LogP contribution in [0.4, 0.5) is 18.9 Å². The summed E-state index contributed by atoms with van der Waals surface area (Å²) in [6.45, 7) is 1.33. The minimum absolute atomic E-state index is 0. The molecule has 2 aliphatic heterocycles. The van der Waals surface area contributed by atoms with Crippen molar-refractivity contribution in [1.29, 1.82) is 0 Å². The van der Waals surface area contributed by atoms with Crippen LogP contribution in [0.2, 0.25) is 0 Å². The van der Waals surface area contributed by atoms with Crippen LogP contribution >= 0.6 is 12.4 Å². The molecule has 1 N–H and O–H groups in total. The van der Waals surface area contributed by atoms with Crippen molar-refractivity contribution in [2.75, 3.05) is 32.2 Å². The minimum Gasteiger partial charge on any atom is -0.496 e. The van der Waals surface area contributed by atoms with Crippen LogP contribution in [0.1, 0.15) is 42.3 Å². The average Bonchev–Trinajstić information content (AvgIpc) is 3.21. The van der Waals surface area contributed by atoms with Crippen molar-refractivity contribution in [1.82, 2.24) is 5.32 Å². The summed E-state index contributed by atoms with van der Waals surface area (Å²) in [6, 6.07) is 14.9. The van der Waals surface area contributed by atoms with Crippen molar-refractivity contribution in [2.24, 2.45) is 0 Å². The summed E-state index contributed by atoms with van der Waals surface area (Å²) in [7, 11) is 2.66. The Bertz CT molecular complexity index is 973. The maximum Gasteiger partial charge on any atom is 0.471 e. The van der Waals surface area contributed by atoms with Crippen LogP contribution in [0.25, 0.3) is 0 Å². The van der Waals surface area contributed by atoms with Crippen molar-refractivity contribution in [3.8, 4) is 5.75 Å². The molecule has 2 aromatic carbocycles. The average molecular weight is 485 g/mol. The van der Waals surface area contributed by atoms with Crippen molar-refractivity contribution in [3.05, 3.63) is 59.7 Å². The normalized spacial score (nSPS) is 24.9. The number of methoxy groups -OCH3 is 1. The van der Waals surface area contributed by atoms with E-state index >= 15 is 0 Å². The molecule has 0 radical (unpaired) electrons. The molecular weight excluding hydrogens is 457 g/mol. The standard InChI is InChI=1S/C24H27F3N2O3.ClH/c1-29(22(30)24(25,26)27)18-9-10-20(31-2)19(13-18)17-14-23(32-15-17)11-6-12-28-21(23)16-7-4-3-5-8-16;/h3-5,7-10,13,17,21,28H,6,11-12,14-15H2,1-2H3;1H/t17-,21+,23-;/m1./s1. The second kappa shape index (κ2) is 9.91. The summed E-state index contributed by atoms with van der Waals surface area (Å²) in [5.74, 6) is -1.40. The van der Waals surface area contributed by atoms with Crippen molar-refractivity contribution in [2.45, 2.75) is 43.0 Å². The Morgan fingerprint density at radius 2 is 1.94 bits per heavy atom. The van der Waals surface area contributed by atoms with Gasteiger partial charge in [0.25, 0.3) is 0 Å². The van der Waals surface area contributed by atoms with E-state index in [0.29, 0.717) is 23.7 Å². The Morgan fingerprint density at radius 1 is 1.21 bits per heavy atom. The molecule has 4 rings (SSSR count). The molecule has 0 aromatic heterocycles. The summed E-state index contributed by atoms with van der Waals surface area (Å²) in [4.78, 5) is 12.4. The summed E-state index contributed by atoms with van der Waals surface area (Å²) in [5.41, 5.74) is 1.68. The number of hydrogen-bond acceptors (Lipinski definition) is 4. The van der Waals surface area contributed by atoms with Crippen LogP contribution in [-0.4, -0.2) is 45.0 Å². The number of nitrogens with one attached hydrogen (secondary N) is 1. The van der Waals surface area contributed by atoms with Gasteiger partial charge in [-0.2, -0.15) is 13.2 Å². The molecule has 5 nitrogen and oxygen atoms in total. The van der Waals surface area contributed by atoms with E-state index in [9.17, 15) is 18.0 Å². The van der Waals surface area contributed by atoms with Crippen molar-refractivity contribution in [3.63, 3.8) is 0 Å². The molecule has 180 valence electrons. The molecule has 2 aliphatic rings. The van der Waals surface area contributed by atoms with E-state index in [2.05, 4.69) is 17.4 Å². The van der Waals surface area contributed by atoms with Gasteiger partial charge in [-0.15, -0.1) is 12.4 Å². The van der Waals surface area contributed by atoms with Gasteiger partial charge in [0.2, 0.25) is 0 Å². The molecule has 0 unspecified atom stereocenters. The third-order valence-electron chi connectivity index (χ3n) is 6.54. The van der Waals surface area contributed by atoms with Gasteiger partial charge in [-0.05, 0) is 49.6 Å². The van der Waals surface area contributed by atoms with Gasteiger partial charge in [0.1, 0.15) is 5.75 Å². The van der Waals surface area contributed by atoms with Gasteiger partial charge < -0.3 is 19.7 Å². The Morgan fingerprint density at radius 3 is 2.61 bits per heavy atom. The van der Waals surface area contributed by atoms with Gasteiger partial charge in [-0.1, -0.05) is 30.3 Å². The molecule has 0 bridgehead atoms. The summed E-state index contributed by atoms with van der Waals surface area (Å²) < 4.78 is 50.7. The molecule has 0 aliphatic carbocycles. The lowest BCUT2D eigenvalue weighted by Crippen LogP contribution is -2.48. The molecule has 9 heteroatoms. The summed E-state index contributed by atoms with van der Waals surface area (Å²) in [6.07, 6.45) is -2.36. The summed E-state index contributed by atoms with van der Waals surface area (Å²) >= 11 is 0. The lowest BCUT2D eigenvalue weighted by molar-refractivity contribution is -0.170. The first-order valence-electron chi connectivity index (χ1n) is 10.7. The molecule has 2 heterocycles. The Hall–Kier alpha value is -2.29. The Labute approximate surface area is 197 Å². The van der Waals surface area contributed by atoms with E-state index in [4.69, 9.17) is 9.47 Å². The largest absolute Gasteiger partial charge is 0.496 e. The molecular formula is C24H28ClF3N2O3. The molecule has 1 spiro atoms. The maximum atomic E-state index is 12.9. The van der Waals surface area contributed by atoms with E-state index < -0.39 is 17.7 Å². The zero-order valence-corrected chi connectivity index (χ0v) is 19.3. The number of rotatable bonds is 4. The number of anilines is 1. The van der Waals surface area contributed by atoms with Crippen LogP contribution in [-0.2, 0) is 9.53 Å². The molecule has 33 heavy (non-hydrogen) atoms. The van der Waals surface area contributed by atoms with Crippen molar-refractivity contribution >= 4 is 24.0 Å². The maximum absolute atomic E-state index is 12.9. The molecule has 1 amide bonds. The highest BCUT2D eigenvalue weighted by molar-refractivity contribution is 5.97. The third-order valence-corrected chi connectivity index (χ3v) is 6.54. The fourth-order valence-corrected chi connectivity index (χ4v) is 4.96. The van der Waals surface area contributed by atoms with E-state index in [1.54, 1.807) is 12.1 Å². The van der Waals surface area contributed by atoms with E-state index in [1.165, 1.54) is 13.2 Å². The predicted molar refractivity (Wildman–Crippen MR) is 122 cm³/mol. The number of nitrogens with zero attached hydrogens (tertiary/aromatic N) is 1. The van der Waals surface area contributed by atoms with Gasteiger partial charge in [0, 0.05) is 24.2 Å². The highest BCUT2D eigenvalue weighted by atomic mass is 35.5. The fourth-order valence-electron chi connectivity index (χ4n) is 4.96. The molecule has 3 atom stereocenters. The van der Waals surface area contributed by atoms with Gasteiger partial charge in [0.05, 0.1) is 25.4 Å². The van der Waals surface area contributed by atoms with Crippen molar-refractivity contribution < 1.29 is 27.4 Å². The zero-order chi connectivity index (χ0) is 22.9. The highest BCUT2D eigenvalue weighted by Crippen LogP contribution is 2.50. The van der Waals surface area contributed by atoms with Crippen LogP contribution in [0.5, 0.6) is 5.75 Å². The van der Waals surface area contributed by atoms with Crippen LogP contribution in [0.3, 0.4) is 0 Å². The van der Waals surface area contributed by atoms with Crippen LogP contribution in [0.15, 0.2) is 48.5 Å². The number of carbonyl (C=O) groups is 1. The smallest absolute Gasteiger partial charge is 0.471 e. The van der Waals surface area contributed by atoms with E-state index in [-0.39, 0.29) is 30.1 Å². The lowest BCUT2D eigenvalue weighted by Gasteiger charge is -2.41. The quantitative estimate of drug-likeness (QED) is 0.663. The fraction of sp³-hybridized carbons (Fsp3) is 0.458. The number of alkyl halides is 3. The number of ether oxygens (including phenoxy) is 2. The third kappa shape index (κ3) is 4.98. The summed E-state index contributed by atoms with van der Waals surface area (Å²) in [5, 5.41) is 3.60. The SMILES string of the molecule is COc1ccc(N(C)C(=O)C(F)(F)F)cc1[C@H]1CO[C@]2(CCCN[C@H]2c2ccccc2)C1.Cl. The second-order valence-corrected chi connectivity index (χ2v) is 8.47. The van der Waals surface area contributed by atoms with Gasteiger partial charge in [-0.3, -0.25) is 4.79 Å². The van der Waals surface area contributed by atoms with Crippen LogP contribution < -0.4 is 15.0 Å². The molecule has 2 saturated heterocycles. The van der Waals surface area contributed by atoms with E-state index in [1.807, 2.05) is 18.2 Å². The number of halogens is 4. The van der Waals surface area contributed by atoms with Gasteiger partial charge in [-0.25, -0.2) is 0 Å². The Balaban J connectivity index is 0.00000306. The first-order valence-corrected chi connectivity index (χ1v) is 10.7. The lowest BCUT2D eigenvalue weighted by atomic mass is 9.77. The topological polar surface area (TPSA) is 50.8 Å². The monoisotopic (exact) mass is 484 g/mol. The van der Waals surface area contributed by atoms with Gasteiger partial charge >= 0.3 is 12.1 Å². The first-order chi connectivity index (χ1) is 15.2. The van der Waals surface area contributed by atoms with E-state index in [0.717, 1.165) is 37.6 Å². The molecule has 2 aromatic rings. The first kappa shape index (κ1) is 25.3. The number of amides is 1. The molecule has 0 saturated carbocycles.